The molecule has 1 aromatic heterocycles. The summed E-state index contributed by atoms with van der Waals surface area (Å²) in [5, 5.41) is 8.93. The number of carbonyl (C=O) groups is 1. The van der Waals surface area contributed by atoms with E-state index in [-0.39, 0.29) is 11.4 Å². The Labute approximate surface area is 103 Å². The van der Waals surface area contributed by atoms with Gasteiger partial charge in [-0.25, -0.2) is 4.98 Å². The SMILES string of the molecule is CC(C(=O)O)c1nc(N2CCOCC2)cc(=O)[nH]1. The number of aromatic amines is 1. The molecule has 2 rings (SSSR count). The number of nitrogens with one attached hydrogen (secondary N) is 1. The number of rotatable bonds is 3. The first kappa shape index (κ1) is 12.6. The maximum absolute atomic E-state index is 11.5. The Balaban J connectivity index is 2.31. The highest BCUT2D eigenvalue weighted by molar-refractivity contribution is 5.74. The van der Waals surface area contributed by atoms with Crippen molar-refractivity contribution >= 4 is 11.8 Å². The lowest BCUT2D eigenvalue weighted by Crippen LogP contribution is -2.37. The number of carboxylic acids is 1. The van der Waals surface area contributed by atoms with E-state index in [0.29, 0.717) is 32.1 Å². The molecular weight excluding hydrogens is 238 g/mol. The molecule has 1 saturated heterocycles. The Morgan fingerprint density at radius 1 is 1.56 bits per heavy atom. The highest BCUT2D eigenvalue weighted by Gasteiger charge is 2.19. The summed E-state index contributed by atoms with van der Waals surface area (Å²) < 4.78 is 5.22. The molecule has 0 saturated carbocycles. The maximum atomic E-state index is 11.5. The van der Waals surface area contributed by atoms with Gasteiger partial charge in [0.25, 0.3) is 5.56 Å². The largest absolute Gasteiger partial charge is 0.481 e. The van der Waals surface area contributed by atoms with E-state index >= 15 is 0 Å². The van der Waals surface area contributed by atoms with Crippen molar-refractivity contribution in [2.45, 2.75) is 12.8 Å². The van der Waals surface area contributed by atoms with Gasteiger partial charge in [-0.05, 0) is 6.92 Å². The van der Waals surface area contributed by atoms with Gasteiger partial charge >= 0.3 is 5.97 Å². The van der Waals surface area contributed by atoms with Gasteiger partial charge in [0.1, 0.15) is 17.6 Å². The molecule has 0 aromatic carbocycles. The first-order valence-electron chi connectivity index (χ1n) is 5.74. The molecule has 0 radical (unpaired) electrons. The van der Waals surface area contributed by atoms with Crippen molar-refractivity contribution in [1.29, 1.82) is 0 Å². The van der Waals surface area contributed by atoms with E-state index in [2.05, 4.69) is 9.97 Å². The van der Waals surface area contributed by atoms with Crippen molar-refractivity contribution < 1.29 is 14.6 Å². The predicted molar refractivity (Wildman–Crippen MR) is 63.9 cm³/mol. The van der Waals surface area contributed by atoms with Crippen LogP contribution in [0.4, 0.5) is 5.82 Å². The smallest absolute Gasteiger partial charge is 0.313 e. The third-order valence-electron chi connectivity index (χ3n) is 2.86. The normalized spacial score (nSPS) is 17.5. The van der Waals surface area contributed by atoms with Crippen LogP contribution in [0.1, 0.15) is 18.7 Å². The third-order valence-corrected chi connectivity index (χ3v) is 2.86. The van der Waals surface area contributed by atoms with Gasteiger partial charge in [0.15, 0.2) is 0 Å². The molecule has 7 heteroatoms. The summed E-state index contributed by atoms with van der Waals surface area (Å²) in [6.45, 7) is 3.95. The molecule has 1 unspecified atom stereocenters. The fourth-order valence-corrected chi connectivity index (χ4v) is 1.74. The second-order valence-electron chi connectivity index (χ2n) is 4.15. The van der Waals surface area contributed by atoms with Gasteiger partial charge in [0, 0.05) is 19.2 Å². The summed E-state index contributed by atoms with van der Waals surface area (Å²) in [7, 11) is 0. The van der Waals surface area contributed by atoms with Crippen LogP contribution >= 0.6 is 0 Å². The van der Waals surface area contributed by atoms with Crippen molar-refractivity contribution in [3.05, 3.63) is 22.2 Å². The summed E-state index contributed by atoms with van der Waals surface area (Å²) in [6, 6.07) is 1.38. The zero-order chi connectivity index (χ0) is 13.1. The van der Waals surface area contributed by atoms with Gasteiger partial charge in [-0.2, -0.15) is 0 Å². The summed E-state index contributed by atoms with van der Waals surface area (Å²) in [4.78, 5) is 31.0. The average molecular weight is 253 g/mol. The summed E-state index contributed by atoms with van der Waals surface area (Å²) >= 11 is 0. The fraction of sp³-hybridized carbons (Fsp3) is 0.545. The van der Waals surface area contributed by atoms with Gasteiger partial charge in [-0.1, -0.05) is 0 Å². The highest BCUT2D eigenvalue weighted by atomic mass is 16.5. The zero-order valence-corrected chi connectivity index (χ0v) is 10.0. The summed E-state index contributed by atoms with van der Waals surface area (Å²) in [5.74, 6) is -1.17. The molecule has 1 atom stereocenters. The van der Waals surface area contributed by atoms with Crippen LogP contribution in [0.5, 0.6) is 0 Å². The molecule has 1 fully saturated rings. The molecular formula is C11H15N3O4. The van der Waals surface area contributed by atoms with Gasteiger partial charge in [-0.15, -0.1) is 0 Å². The number of hydrogen-bond donors (Lipinski definition) is 2. The van der Waals surface area contributed by atoms with E-state index in [0.717, 1.165) is 0 Å². The highest BCUT2D eigenvalue weighted by Crippen LogP contribution is 2.14. The number of H-pyrrole nitrogens is 1. The lowest BCUT2D eigenvalue weighted by atomic mass is 10.2. The Bertz CT molecular complexity index is 493. The Kier molecular flexibility index (Phi) is 3.61. The molecule has 0 spiro atoms. The molecule has 1 aromatic rings. The minimum atomic E-state index is -1.02. The Morgan fingerprint density at radius 3 is 2.83 bits per heavy atom. The van der Waals surface area contributed by atoms with Gasteiger partial charge in [0.05, 0.1) is 13.2 Å². The van der Waals surface area contributed by atoms with Crippen molar-refractivity contribution in [3.63, 3.8) is 0 Å². The number of anilines is 1. The summed E-state index contributed by atoms with van der Waals surface area (Å²) in [6.07, 6.45) is 0. The monoisotopic (exact) mass is 253 g/mol. The lowest BCUT2D eigenvalue weighted by molar-refractivity contribution is -0.138. The number of aromatic nitrogens is 2. The molecule has 0 amide bonds. The Hall–Kier alpha value is -1.89. The van der Waals surface area contributed by atoms with Crippen LogP contribution < -0.4 is 10.5 Å². The zero-order valence-electron chi connectivity index (χ0n) is 10.0. The van der Waals surface area contributed by atoms with Crippen LogP contribution in [0.3, 0.4) is 0 Å². The van der Waals surface area contributed by atoms with E-state index in [1.54, 1.807) is 0 Å². The van der Waals surface area contributed by atoms with Gasteiger partial charge < -0.3 is 19.7 Å². The molecule has 18 heavy (non-hydrogen) atoms. The van der Waals surface area contributed by atoms with Crippen molar-refractivity contribution in [1.82, 2.24) is 9.97 Å². The minimum Gasteiger partial charge on any atom is -0.481 e. The molecule has 0 aliphatic carbocycles. The molecule has 98 valence electrons. The molecule has 7 nitrogen and oxygen atoms in total. The molecule has 2 heterocycles. The first-order chi connectivity index (χ1) is 8.58. The molecule has 0 bridgehead atoms. The second kappa shape index (κ2) is 5.18. The van der Waals surface area contributed by atoms with Crippen LogP contribution in [0.15, 0.2) is 10.9 Å². The van der Waals surface area contributed by atoms with E-state index < -0.39 is 11.9 Å². The third kappa shape index (κ3) is 2.67. The number of nitrogens with zero attached hydrogens (tertiary/aromatic N) is 2. The van der Waals surface area contributed by atoms with Crippen LogP contribution in [-0.2, 0) is 9.53 Å². The van der Waals surface area contributed by atoms with Crippen molar-refractivity contribution in [3.8, 4) is 0 Å². The van der Waals surface area contributed by atoms with E-state index in [1.807, 2.05) is 4.90 Å². The van der Waals surface area contributed by atoms with E-state index in [9.17, 15) is 9.59 Å². The molecule has 2 N–H and O–H groups in total. The van der Waals surface area contributed by atoms with Gasteiger partial charge in [-0.3, -0.25) is 9.59 Å². The first-order valence-corrected chi connectivity index (χ1v) is 5.74. The number of carboxylic acid groups (broad SMARTS) is 1. The number of aliphatic carboxylic acids is 1. The Morgan fingerprint density at radius 2 is 2.22 bits per heavy atom. The van der Waals surface area contributed by atoms with Crippen molar-refractivity contribution in [2.24, 2.45) is 0 Å². The second-order valence-corrected chi connectivity index (χ2v) is 4.15. The van der Waals surface area contributed by atoms with E-state index in [4.69, 9.17) is 9.84 Å². The summed E-state index contributed by atoms with van der Waals surface area (Å²) in [5.41, 5.74) is -0.338. The van der Waals surface area contributed by atoms with Crippen LogP contribution in [0.2, 0.25) is 0 Å². The standard InChI is InChI=1S/C11H15N3O4/c1-7(11(16)17)10-12-8(6-9(15)13-10)14-2-4-18-5-3-14/h6-7H,2-5H2,1H3,(H,16,17)(H,12,13,15). The predicted octanol–water partition coefficient (Wildman–Crippen LogP) is -0.205. The maximum Gasteiger partial charge on any atom is 0.313 e. The number of ether oxygens (including phenoxy) is 1. The average Bonchev–Trinajstić information content (AvgIpc) is 2.38. The topological polar surface area (TPSA) is 95.5 Å². The van der Waals surface area contributed by atoms with Crippen LogP contribution in [0.25, 0.3) is 0 Å². The molecule has 1 aliphatic heterocycles. The number of hydrogen-bond acceptors (Lipinski definition) is 5. The lowest BCUT2D eigenvalue weighted by Gasteiger charge is -2.27. The van der Waals surface area contributed by atoms with Crippen LogP contribution in [0, 0.1) is 0 Å². The van der Waals surface area contributed by atoms with E-state index in [1.165, 1.54) is 13.0 Å². The molecule has 1 aliphatic rings. The quantitative estimate of drug-likeness (QED) is 0.774. The van der Waals surface area contributed by atoms with Gasteiger partial charge in [0.2, 0.25) is 0 Å². The number of morpholine rings is 1. The van der Waals surface area contributed by atoms with Crippen LogP contribution in [-0.4, -0.2) is 47.3 Å². The minimum absolute atomic E-state index is 0.177. The van der Waals surface area contributed by atoms with Crippen molar-refractivity contribution in [2.75, 3.05) is 31.2 Å². The fourth-order valence-electron chi connectivity index (χ4n) is 1.74.